The number of aliphatic hydroxyl groups is 1. The number of hydrogen-bond donors (Lipinski definition) is 1. The van der Waals surface area contributed by atoms with E-state index in [4.69, 9.17) is 0 Å². The molecule has 4 rings (SSSR count). The van der Waals surface area contributed by atoms with E-state index in [2.05, 4.69) is 39.0 Å². The number of nitrogens with zero attached hydrogens (tertiary/aromatic N) is 6. The van der Waals surface area contributed by atoms with Crippen molar-refractivity contribution in [3.8, 4) is 11.4 Å². The van der Waals surface area contributed by atoms with Gasteiger partial charge in [0.15, 0.2) is 11.5 Å². The van der Waals surface area contributed by atoms with Crippen molar-refractivity contribution in [3.05, 3.63) is 42.7 Å². The highest BCUT2D eigenvalue weighted by Crippen LogP contribution is 2.28. The number of benzene rings is 1. The van der Waals surface area contributed by atoms with Crippen LogP contribution in [-0.4, -0.2) is 68.4 Å². The van der Waals surface area contributed by atoms with Crippen LogP contribution < -0.4 is 4.90 Å². The third-order valence-corrected chi connectivity index (χ3v) is 5.35. The molecule has 7 heteroatoms. The molecule has 0 amide bonds. The van der Waals surface area contributed by atoms with Crippen LogP contribution in [0.5, 0.6) is 0 Å². The molecular formula is C19H24N6O. The first-order chi connectivity index (χ1) is 12.7. The van der Waals surface area contributed by atoms with E-state index in [9.17, 15) is 5.11 Å². The van der Waals surface area contributed by atoms with Crippen LogP contribution in [0.4, 0.5) is 5.82 Å². The fraction of sp³-hybridized carbons (Fsp3) is 0.421. The molecule has 1 fully saturated rings. The topological polar surface area (TPSA) is 69.8 Å². The summed E-state index contributed by atoms with van der Waals surface area (Å²) in [4.78, 5) is 9.22. The number of rotatable bonds is 5. The Morgan fingerprint density at radius 1 is 1.23 bits per heavy atom. The standard InChI is InChI=1S/C19H24N6O/c1-14-16(23(2)10-11-26)8-9-24(14)17-12-18-21-22-19(25(18)13-20-17)15-6-4-3-5-7-15/h3-7,12-14,16,26H,8-11H2,1-2H3/t14-,16-/m1/s1. The van der Waals surface area contributed by atoms with Crippen molar-refractivity contribution in [2.45, 2.75) is 25.4 Å². The molecule has 26 heavy (non-hydrogen) atoms. The first-order valence-electron chi connectivity index (χ1n) is 9.03. The van der Waals surface area contributed by atoms with Crippen molar-refractivity contribution in [1.29, 1.82) is 0 Å². The molecule has 3 aromatic rings. The Hall–Kier alpha value is -2.51. The van der Waals surface area contributed by atoms with Crippen LogP contribution in [0.3, 0.4) is 0 Å². The fourth-order valence-electron chi connectivity index (χ4n) is 3.89. The SMILES string of the molecule is C[C@@H]1[C@H](N(C)CCO)CCN1c1cc2nnc(-c3ccccc3)n2cn1. The summed E-state index contributed by atoms with van der Waals surface area (Å²) >= 11 is 0. The molecule has 136 valence electrons. The number of aromatic nitrogens is 4. The maximum Gasteiger partial charge on any atom is 0.169 e. The summed E-state index contributed by atoms with van der Waals surface area (Å²) in [6.07, 6.45) is 2.87. The summed E-state index contributed by atoms with van der Waals surface area (Å²) in [7, 11) is 2.07. The normalized spacial score (nSPS) is 20.4. The molecule has 0 radical (unpaired) electrons. The van der Waals surface area contributed by atoms with Crippen LogP contribution in [0.1, 0.15) is 13.3 Å². The average Bonchev–Trinajstić information content (AvgIpc) is 3.25. The highest BCUT2D eigenvalue weighted by atomic mass is 16.3. The van der Waals surface area contributed by atoms with Crippen LogP contribution in [0.15, 0.2) is 42.7 Å². The lowest BCUT2D eigenvalue weighted by molar-refractivity contribution is 0.175. The largest absolute Gasteiger partial charge is 0.395 e. The molecule has 2 atom stereocenters. The first-order valence-corrected chi connectivity index (χ1v) is 9.03. The average molecular weight is 352 g/mol. The molecule has 0 spiro atoms. The van der Waals surface area contributed by atoms with E-state index in [0.717, 1.165) is 35.8 Å². The van der Waals surface area contributed by atoms with Gasteiger partial charge in [-0.1, -0.05) is 30.3 Å². The number of hydrogen-bond acceptors (Lipinski definition) is 6. The van der Waals surface area contributed by atoms with Crippen molar-refractivity contribution in [2.75, 3.05) is 31.6 Å². The highest BCUT2D eigenvalue weighted by molar-refractivity contribution is 5.61. The van der Waals surface area contributed by atoms with E-state index in [0.29, 0.717) is 18.6 Å². The second-order valence-corrected chi connectivity index (χ2v) is 6.86. The zero-order chi connectivity index (χ0) is 18.1. The van der Waals surface area contributed by atoms with Crippen LogP contribution in [-0.2, 0) is 0 Å². The molecule has 0 unspecified atom stereocenters. The Balaban J connectivity index is 1.61. The Bertz CT molecular complexity index is 880. The van der Waals surface area contributed by atoms with Gasteiger partial charge in [-0.2, -0.15) is 0 Å². The lowest BCUT2D eigenvalue weighted by Crippen LogP contribution is -2.43. The fourth-order valence-corrected chi connectivity index (χ4v) is 3.89. The summed E-state index contributed by atoms with van der Waals surface area (Å²) in [5, 5.41) is 17.9. The minimum atomic E-state index is 0.186. The molecule has 0 bridgehead atoms. The summed E-state index contributed by atoms with van der Waals surface area (Å²) < 4.78 is 1.93. The lowest BCUT2D eigenvalue weighted by Gasteiger charge is -2.30. The van der Waals surface area contributed by atoms with E-state index in [1.807, 2.05) is 47.1 Å². The van der Waals surface area contributed by atoms with E-state index < -0.39 is 0 Å². The van der Waals surface area contributed by atoms with Crippen molar-refractivity contribution >= 4 is 11.5 Å². The molecule has 2 aromatic heterocycles. The van der Waals surface area contributed by atoms with Gasteiger partial charge in [-0.05, 0) is 20.4 Å². The maximum absolute atomic E-state index is 9.20. The quantitative estimate of drug-likeness (QED) is 0.753. The Labute approximate surface area is 152 Å². The Kier molecular flexibility index (Phi) is 4.57. The first kappa shape index (κ1) is 16.9. The van der Waals surface area contributed by atoms with E-state index in [1.54, 1.807) is 0 Å². The van der Waals surface area contributed by atoms with Gasteiger partial charge in [-0.3, -0.25) is 9.30 Å². The van der Waals surface area contributed by atoms with Gasteiger partial charge in [0.1, 0.15) is 12.1 Å². The molecule has 3 heterocycles. The number of fused-ring (bicyclic) bond motifs is 1. The molecule has 1 aliphatic heterocycles. The molecule has 1 aliphatic rings. The smallest absolute Gasteiger partial charge is 0.169 e. The van der Waals surface area contributed by atoms with Gasteiger partial charge < -0.3 is 10.0 Å². The number of aliphatic hydroxyl groups excluding tert-OH is 1. The number of likely N-dealkylation sites (N-methyl/N-ethyl adjacent to an activating group) is 1. The van der Waals surface area contributed by atoms with E-state index in [-0.39, 0.29) is 6.61 Å². The monoisotopic (exact) mass is 352 g/mol. The minimum Gasteiger partial charge on any atom is -0.395 e. The molecule has 7 nitrogen and oxygen atoms in total. The summed E-state index contributed by atoms with van der Waals surface area (Å²) in [5.41, 5.74) is 1.82. The number of anilines is 1. The van der Waals surface area contributed by atoms with Crippen LogP contribution in [0, 0.1) is 0 Å². The molecule has 0 saturated carbocycles. The van der Waals surface area contributed by atoms with Crippen molar-refractivity contribution in [2.24, 2.45) is 0 Å². The third-order valence-electron chi connectivity index (χ3n) is 5.35. The molecule has 0 aliphatic carbocycles. The van der Waals surface area contributed by atoms with Crippen LogP contribution in [0.2, 0.25) is 0 Å². The van der Waals surface area contributed by atoms with Gasteiger partial charge in [0, 0.05) is 36.8 Å². The zero-order valence-corrected chi connectivity index (χ0v) is 15.2. The summed E-state index contributed by atoms with van der Waals surface area (Å²) in [6.45, 7) is 4.05. The van der Waals surface area contributed by atoms with E-state index in [1.165, 1.54) is 0 Å². The predicted octanol–water partition coefficient (Wildman–Crippen LogP) is 1.68. The van der Waals surface area contributed by atoms with Crippen LogP contribution in [0.25, 0.3) is 17.0 Å². The van der Waals surface area contributed by atoms with Gasteiger partial charge in [-0.25, -0.2) is 4.98 Å². The Morgan fingerprint density at radius 3 is 2.81 bits per heavy atom. The van der Waals surface area contributed by atoms with Gasteiger partial charge in [0.05, 0.1) is 6.61 Å². The zero-order valence-electron chi connectivity index (χ0n) is 15.2. The Morgan fingerprint density at radius 2 is 2.04 bits per heavy atom. The van der Waals surface area contributed by atoms with Gasteiger partial charge in [0.2, 0.25) is 0 Å². The second-order valence-electron chi connectivity index (χ2n) is 6.86. The molecular weight excluding hydrogens is 328 g/mol. The molecule has 1 aromatic carbocycles. The molecule has 1 N–H and O–H groups in total. The maximum atomic E-state index is 9.20. The van der Waals surface area contributed by atoms with Crippen LogP contribution >= 0.6 is 0 Å². The van der Waals surface area contributed by atoms with Gasteiger partial charge >= 0.3 is 0 Å². The van der Waals surface area contributed by atoms with Crippen molar-refractivity contribution < 1.29 is 5.11 Å². The van der Waals surface area contributed by atoms with Gasteiger partial charge in [0.25, 0.3) is 0 Å². The van der Waals surface area contributed by atoms with Crippen molar-refractivity contribution in [1.82, 2.24) is 24.5 Å². The highest BCUT2D eigenvalue weighted by Gasteiger charge is 2.34. The van der Waals surface area contributed by atoms with E-state index >= 15 is 0 Å². The lowest BCUT2D eigenvalue weighted by atomic mass is 10.1. The van der Waals surface area contributed by atoms with Crippen molar-refractivity contribution in [3.63, 3.8) is 0 Å². The third kappa shape index (κ3) is 2.93. The van der Waals surface area contributed by atoms with Gasteiger partial charge in [-0.15, -0.1) is 10.2 Å². The molecule has 1 saturated heterocycles. The summed E-state index contributed by atoms with van der Waals surface area (Å²) in [5.74, 6) is 1.73. The second kappa shape index (κ2) is 7.01. The summed E-state index contributed by atoms with van der Waals surface area (Å²) in [6, 6.07) is 12.8. The predicted molar refractivity (Wildman–Crippen MR) is 101 cm³/mol. The minimum absolute atomic E-state index is 0.186.